The Morgan fingerprint density at radius 1 is 1.15 bits per heavy atom. The molecule has 0 bridgehead atoms. The summed E-state index contributed by atoms with van der Waals surface area (Å²) in [6.45, 7) is 2.54. The van der Waals surface area contributed by atoms with Crippen molar-refractivity contribution in [2.24, 2.45) is 0 Å². The zero-order valence-electron chi connectivity index (χ0n) is 10.9. The van der Waals surface area contributed by atoms with Crippen LogP contribution in [0.3, 0.4) is 0 Å². The number of rotatable bonds is 4. The molecule has 0 unspecified atom stereocenters. The molecule has 20 heavy (non-hydrogen) atoms. The highest BCUT2D eigenvalue weighted by Gasteiger charge is 2.05. The number of pyridine rings is 1. The predicted molar refractivity (Wildman–Crippen MR) is 79.4 cm³/mol. The second-order valence-electron chi connectivity index (χ2n) is 4.27. The molecule has 0 saturated carbocycles. The van der Waals surface area contributed by atoms with E-state index in [4.69, 9.17) is 0 Å². The van der Waals surface area contributed by atoms with E-state index in [1.165, 1.54) is 0 Å². The van der Waals surface area contributed by atoms with Crippen LogP contribution in [0.25, 0.3) is 10.7 Å². The van der Waals surface area contributed by atoms with E-state index in [1.807, 2.05) is 42.6 Å². The number of anilines is 1. The Balaban J connectivity index is 1.67. The average Bonchev–Trinajstić information content (AvgIpc) is 2.97. The molecule has 100 valence electrons. The molecule has 0 aromatic carbocycles. The normalized spacial score (nSPS) is 10.4. The maximum Gasteiger partial charge on any atom is 0.148 e. The number of aromatic nitrogens is 4. The van der Waals surface area contributed by atoms with Crippen LogP contribution in [0.15, 0.2) is 41.9 Å². The molecule has 3 aromatic rings. The summed E-state index contributed by atoms with van der Waals surface area (Å²) in [5.74, 6) is 0.753. The molecule has 0 radical (unpaired) electrons. The molecule has 0 aliphatic rings. The van der Waals surface area contributed by atoms with Crippen molar-refractivity contribution in [2.75, 3.05) is 5.32 Å². The number of thiazole rings is 1. The summed E-state index contributed by atoms with van der Waals surface area (Å²) in [6.07, 6.45) is 1.77. The number of aryl methyl sites for hydroxylation is 1. The average molecular weight is 283 g/mol. The lowest BCUT2D eigenvalue weighted by molar-refractivity contribution is 0.955. The molecule has 3 aromatic heterocycles. The van der Waals surface area contributed by atoms with Gasteiger partial charge in [0.2, 0.25) is 0 Å². The van der Waals surface area contributed by atoms with E-state index in [-0.39, 0.29) is 0 Å². The molecular weight excluding hydrogens is 270 g/mol. The van der Waals surface area contributed by atoms with Gasteiger partial charge >= 0.3 is 0 Å². The SMILES string of the molecule is Cc1ccc(NCc2csc(-c3ccccn3)n2)nn1. The van der Waals surface area contributed by atoms with E-state index in [1.54, 1.807) is 17.5 Å². The van der Waals surface area contributed by atoms with Crippen molar-refractivity contribution in [3.8, 4) is 10.7 Å². The molecule has 0 atom stereocenters. The topological polar surface area (TPSA) is 63.6 Å². The molecule has 6 heteroatoms. The summed E-state index contributed by atoms with van der Waals surface area (Å²) in [7, 11) is 0. The Kier molecular flexibility index (Phi) is 3.64. The lowest BCUT2D eigenvalue weighted by Crippen LogP contribution is -2.02. The maximum absolute atomic E-state index is 4.56. The summed E-state index contributed by atoms with van der Waals surface area (Å²) in [4.78, 5) is 8.85. The number of hydrogen-bond acceptors (Lipinski definition) is 6. The van der Waals surface area contributed by atoms with Crippen molar-refractivity contribution >= 4 is 17.2 Å². The van der Waals surface area contributed by atoms with Crippen LogP contribution in [0.5, 0.6) is 0 Å². The van der Waals surface area contributed by atoms with Gasteiger partial charge in [0.05, 0.1) is 23.6 Å². The second-order valence-corrected chi connectivity index (χ2v) is 5.13. The van der Waals surface area contributed by atoms with Crippen molar-refractivity contribution in [3.05, 3.63) is 53.3 Å². The first-order valence-electron chi connectivity index (χ1n) is 6.21. The molecule has 5 nitrogen and oxygen atoms in total. The van der Waals surface area contributed by atoms with Crippen LogP contribution >= 0.6 is 11.3 Å². The van der Waals surface area contributed by atoms with Gasteiger partial charge in [-0.05, 0) is 31.2 Å². The van der Waals surface area contributed by atoms with Gasteiger partial charge in [0.25, 0.3) is 0 Å². The number of hydrogen-bond donors (Lipinski definition) is 1. The molecule has 0 aliphatic carbocycles. The van der Waals surface area contributed by atoms with Crippen LogP contribution in [-0.4, -0.2) is 20.2 Å². The van der Waals surface area contributed by atoms with Crippen molar-refractivity contribution in [1.29, 1.82) is 0 Å². The summed E-state index contributed by atoms with van der Waals surface area (Å²) in [5, 5.41) is 14.2. The van der Waals surface area contributed by atoms with E-state index >= 15 is 0 Å². The van der Waals surface area contributed by atoms with Gasteiger partial charge < -0.3 is 5.32 Å². The van der Waals surface area contributed by atoms with Crippen LogP contribution in [0, 0.1) is 6.92 Å². The van der Waals surface area contributed by atoms with Gasteiger partial charge in [-0.3, -0.25) is 4.98 Å². The molecule has 0 spiro atoms. The van der Waals surface area contributed by atoms with E-state index in [0.29, 0.717) is 6.54 Å². The predicted octanol–water partition coefficient (Wildman–Crippen LogP) is 2.92. The minimum atomic E-state index is 0.626. The van der Waals surface area contributed by atoms with Gasteiger partial charge in [0, 0.05) is 11.6 Å². The van der Waals surface area contributed by atoms with Crippen LogP contribution < -0.4 is 5.32 Å². The highest BCUT2D eigenvalue weighted by Crippen LogP contribution is 2.21. The molecule has 0 fully saturated rings. The lowest BCUT2D eigenvalue weighted by atomic mass is 10.3. The molecule has 1 N–H and O–H groups in total. The van der Waals surface area contributed by atoms with Gasteiger partial charge in [-0.2, -0.15) is 5.10 Å². The van der Waals surface area contributed by atoms with Crippen molar-refractivity contribution in [1.82, 2.24) is 20.2 Å². The summed E-state index contributed by atoms with van der Waals surface area (Å²) < 4.78 is 0. The van der Waals surface area contributed by atoms with E-state index in [9.17, 15) is 0 Å². The largest absolute Gasteiger partial charge is 0.363 e. The third kappa shape index (κ3) is 2.97. The third-order valence-electron chi connectivity index (χ3n) is 2.68. The standard InChI is InChI=1S/C14H13N5S/c1-10-5-6-13(19-18-10)16-8-11-9-20-14(17-11)12-4-2-3-7-15-12/h2-7,9H,8H2,1H3,(H,16,19). The van der Waals surface area contributed by atoms with Gasteiger partial charge in [-0.25, -0.2) is 4.98 Å². The zero-order valence-corrected chi connectivity index (χ0v) is 11.8. The van der Waals surface area contributed by atoms with E-state index in [2.05, 4.69) is 25.5 Å². The molecular formula is C14H13N5S. The first-order chi connectivity index (χ1) is 9.81. The first kappa shape index (κ1) is 12.7. The molecule has 3 heterocycles. The highest BCUT2D eigenvalue weighted by molar-refractivity contribution is 7.13. The monoisotopic (exact) mass is 283 g/mol. The van der Waals surface area contributed by atoms with Crippen LogP contribution in [-0.2, 0) is 6.54 Å². The fraction of sp³-hybridized carbons (Fsp3) is 0.143. The molecule has 0 aliphatic heterocycles. The third-order valence-corrected chi connectivity index (χ3v) is 3.60. The Morgan fingerprint density at radius 3 is 2.85 bits per heavy atom. The minimum Gasteiger partial charge on any atom is -0.363 e. The Morgan fingerprint density at radius 2 is 2.10 bits per heavy atom. The van der Waals surface area contributed by atoms with Crippen molar-refractivity contribution in [3.63, 3.8) is 0 Å². The van der Waals surface area contributed by atoms with Crippen LogP contribution in [0.1, 0.15) is 11.4 Å². The van der Waals surface area contributed by atoms with Crippen LogP contribution in [0.2, 0.25) is 0 Å². The summed E-state index contributed by atoms with van der Waals surface area (Å²) in [5.41, 5.74) is 2.78. The quantitative estimate of drug-likeness (QED) is 0.797. The fourth-order valence-corrected chi connectivity index (χ4v) is 2.46. The van der Waals surface area contributed by atoms with Crippen molar-refractivity contribution < 1.29 is 0 Å². The van der Waals surface area contributed by atoms with Gasteiger partial charge in [0.15, 0.2) is 0 Å². The Labute approximate surface area is 120 Å². The van der Waals surface area contributed by atoms with Gasteiger partial charge in [-0.15, -0.1) is 16.4 Å². The van der Waals surface area contributed by atoms with Gasteiger partial charge in [-0.1, -0.05) is 6.07 Å². The lowest BCUT2D eigenvalue weighted by Gasteiger charge is -2.02. The second kappa shape index (κ2) is 5.75. The number of nitrogens with zero attached hydrogens (tertiary/aromatic N) is 4. The van der Waals surface area contributed by atoms with E-state index in [0.717, 1.165) is 27.9 Å². The number of nitrogens with one attached hydrogen (secondary N) is 1. The smallest absolute Gasteiger partial charge is 0.148 e. The first-order valence-corrected chi connectivity index (χ1v) is 7.09. The van der Waals surface area contributed by atoms with Gasteiger partial charge in [0.1, 0.15) is 10.8 Å². The minimum absolute atomic E-state index is 0.626. The van der Waals surface area contributed by atoms with Crippen molar-refractivity contribution in [2.45, 2.75) is 13.5 Å². The van der Waals surface area contributed by atoms with Crippen LogP contribution in [0.4, 0.5) is 5.82 Å². The van der Waals surface area contributed by atoms with E-state index < -0.39 is 0 Å². The summed E-state index contributed by atoms with van der Waals surface area (Å²) in [6, 6.07) is 9.66. The maximum atomic E-state index is 4.56. The molecule has 0 amide bonds. The molecule has 0 saturated heterocycles. The zero-order chi connectivity index (χ0) is 13.8. The fourth-order valence-electron chi connectivity index (χ4n) is 1.67. The summed E-state index contributed by atoms with van der Waals surface area (Å²) >= 11 is 1.59. The highest BCUT2D eigenvalue weighted by atomic mass is 32.1. The Hall–Kier alpha value is -2.34. The molecule has 3 rings (SSSR count). The Bertz CT molecular complexity index is 678.